The maximum absolute atomic E-state index is 14.4. The quantitative estimate of drug-likeness (QED) is 0.437. The highest BCUT2D eigenvalue weighted by atomic mass is 19.4. The van der Waals surface area contributed by atoms with Crippen molar-refractivity contribution in [3.05, 3.63) is 64.5 Å². The minimum Gasteiger partial charge on any atom is -0.403 e. The number of ether oxygens (including phenoxy) is 3. The highest BCUT2D eigenvalue weighted by molar-refractivity contribution is 5.46. The van der Waals surface area contributed by atoms with Crippen LogP contribution in [0.5, 0.6) is 5.75 Å². The Morgan fingerprint density at radius 3 is 2.16 bits per heavy atom. The van der Waals surface area contributed by atoms with Crippen LogP contribution in [-0.4, -0.2) is 19.6 Å². The van der Waals surface area contributed by atoms with Crippen LogP contribution >= 0.6 is 0 Å². The van der Waals surface area contributed by atoms with Crippen LogP contribution in [0, 0.1) is 35.2 Å². The van der Waals surface area contributed by atoms with Gasteiger partial charge in [0.15, 0.2) is 17.9 Å². The van der Waals surface area contributed by atoms with Gasteiger partial charge in [0.1, 0.15) is 11.6 Å². The van der Waals surface area contributed by atoms with Crippen LogP contribution in [0.4, 0.5) is 26.3 Å². The molecule has 1 heterocycles. The molecule has 0 amide bonds. The molecule has 2 aromatic rings. The first-order valence-electron chi connectivity index (χ1n) is 9.45. The molecule has 166 valence electrons. The lowest BCUT2D eigenvalue weighted by atomic mass is 10.0. The van der Waals surface area contributed by atoms with E-state index in [1.165, 1.54) is 0 Å². The van der Waals surface area contributed by atoms with E-state index >= 15 is 0 Å². The van der Waals surface area contributed by atoms with E-state index in [9.17, 15) is 26.3 Å². The molecule has 1 aliphatic rings. The molecule has 0 saturated carbocycles. The van der Waals surface area contributed by atoms with Crippen molar-refractivity contribution in [2.75, 3.05) is 13.2 Å². The maximum Gasteiger partial charge on any atom is 0.573 e. The number of rotatable bonds is 4. The van der Waals surface area contributed by atoms with Crippen LogP contribution < -0.4 is 4.74 Å². The van der Waals surface area contributed by atoms with Crippen molar-refractivity contribution in [2.24, 2.45) is 5.92 Å². The van der Waals surface area contributed by atoms with Gasteiger partial charge in [-0.25, -0.2) is 13.2 Å². The molecule has 9 heteroatoms. The summed E-state index contributed by atoms with van der Waals surface area (Å²) in [5.74, 6) is 0.504. The van der Waals surface area contributed by atoms with Gasteiger partial charge in [0.05, 0.1) is 18.8 Å². The molecule has 0 radical (unpaired) electrons. The van der Waals surface area contributed by atoms with E-state index < -0.39 is 41.4 Å². The summed E-state index contributed by atoms with van der Waals surface area (Å²) in [5.41, 5.74) is -0.495. The molecule has 0 aliphatic carbocycles. The second-order valence-electron chi connectivity index (χ2n) is 6.96. The zero-order valence-electron chi connectivity index (χ0n) is 16.4. The highest BCUT2D eigenvalue weighted by Crippen LogP contribution is 2.29. The van der Waals surface area contributed by atoms with E-state index in [2.05, 4.69) is 16.6 Å². The third kappa shape index (κ3) is 6.15. The molecule has 31 heavy (non-hydrogen) atoms. The Labute approximate surface area is 174 Å². The lowest BCUT2D eigenvalue weighted by molar-refractivity contribution is -0.275. The first kappa shape index (κ1) is 23.0. The van der Waals surface area contributed by atoms with Gasteiger partial charge in [0.25, 0.3) is 0 Å². The summed E-state index contributed by atoms with van der Waals surface area (Å²) in [6.07, 6.45) is -4.05. The van der Waals surface area contributed by atoms with E-state index in [1.54, 1.807) is 0 Å². The van der Waals surface area contributed by atoms with Crippen LogP contribution in [0.2, 0.25) is 0 Å². The van der Waals surface area contributed by atoms with Crippen molar-refractivity contribution < 1.29 is 40.6 Å². The molecule has 0 bridgehead atoms. The van der Waals surface area contributed by atoms with Crippen molar-refractivity contribution in [3.8, 4) is 17.6 Å². The summed E-state index contributed by atoms with van der Waals surface area (Å²) < 4.78 is 93.7. The molecule has 0 atom stereocenters. The van der Waals surface area contributed by atoms with Crippen molar-refractivity contribution >= 4 is 0 Å². The monoisotopic (exact) mass is 444 g/mol. The topological polar surface area (TPSA) is 27.7 Å². The van der Waals surface area contributed by atoms with Crippen LogP contribution in [0.25, 0.3) is 0 Å². The molecule has 0 spiro atoms. The molecular formula is C22H18F6O3. The summed E-state index contributed by atoms with van der Waals surface area (Å²) in [4.78, 5) is 0. The average molecular weight is 444 g/mol. The fourth-order valence-corrected chi connectivity index (χ4v) is 3.08. The van der Waals surface area contributed by atoms with E-state index in [4.69, 9.17) is 9.47 Å². The fourth-order valence-electron chi connectivity index (χ4n) is 3.08. The van der Waals surface area contributed by atoms with Crippen molar-refractivity contribution in [1.82, 2.24) is 0 Å². The molecule has 2 aromatic carbocycles. The first-order chi connectivity index (χ1) is 14.7. The first-order valence-corrected chi connectivity index (χ1v) is 9.45. The Balaban J connectivity index is 1.75. The largest absolute Gasteiger partial charge is 0.573 e. The predicted molar refractivity (Wildman–Crippen MR) is 98.5 cm³/mol. The molecule has 1 fully saturated rings. The molecule has 1 aliphatic heterocycles. The minimum absolute atomic E-state index is 0.0872. The van der Waals surface area contributed by atoms with Gasteiger partial charge in [0, 0.05) is 17.0 Å². The average Bonchev–Trinajstić information content (AvgIpc) is 2.69. The summed E-state index contributed by atoms with van der Waals surface area (Å²) in [6.45, 7) is 2.88. The van der Waals surface area contributed by atoms with Gasteiger partial charge in [-0.2, -0.15) is 0 Å². The summed E-state index contributed by atoms with van der Waals surface area (Å²) in [7, 11) is 0. The van der Waals surface area contributed by atoms with E-state index in [0.717, 1.165) is 37.1 Å². The maximum atomic E-state index is 14.4. The van der Waals surface area contributed by atoms with Gasteiger partial charge in [-0.3, -0.25) is 0 Å². The third-order valence-electron chi connectivity index (χ3n) is 4.49. The zero-order chi connectivity index (χ0) is 22.6. The number of halogens is 6. The normalized spacial score (nSPS) is 18.9. The number of hydrogen-bond acceptors (Lipinski definition) is 3. The van der Waals surface area contributed by atoms with Gasteiger partial charge in [-0.15, -0.1) is 13.2 Å². The Morgan fingerprint density at radius 2 is 1.61 bits per heavy atom. The second kappa shape index (κ2) is 9.62. The van der Waals surface area contributed by atoms with Crippen molar-refractivity contribution in [3.63, 3.8) is 0 Å². The van der Waals surface area contributed by atoms with Crippen LogP contribution in [0.3, 0.4) is 0 Å². The molecule has 0 N–H and O–H groups in total. The SMILES string of the molecule is CCCC1COC(c2cc(F)c(C#Cc3ccc(OC(F)(F)F)c(F)c3)c(F)c2)OC1. The number of benzene rings is 2. The minimum atomic E-state index is -5.05. The van der Waals surface area contributed by atoms with Gasteiger partial charge in [0.2, 0.25) is 0 Å². The standard InChI is InChI=1S/C22H18F6O3/c1-2-3-14-11-29-21(30-12-14)15-9-17(23)16(18(24)10-15)6-4-13-5-7-20(19(25)8-13)31-22(26,27)28/h5,7-10,14,21H,2-3,11-12H2,1H3. The fraction of sp³-hybridized carbons (Fsp3) is 0.364. The Kier molecular flexibility index (Phi) is 7.13. The summed E-state index contributed by atoms with van der Waals surface area (Å²) in [6, 6.07) is 4.52. The molecular weight excluding hydrogens is 426 g/mol. The van der Waals surface area contributed by atoms with Crippen molar-refractivity contribution in [1.29, 1.82) is 0 Å². The zero-order valence-corrected chi connectivity index (χ0v) is 16.4. The van der Waals surface area contributed by atoms with Crippen LogP contribution in [-0.2, 0) is 9.47 Å². The lowest BCUT2D eigenvalue weighted by Gasteiger charge is -2.29. The molecule has 0 aromatic heterocycles. The van der Waals surface area contributed by atoms with Gasteiger partial charge in [-0.05, 0) is 36.8 Å². The molecule has 0 unspecified atom stereocenters. The Morgan fingerprint density at radius 1 is 0.968 bits per heavy atom. The van der Waals surface area contributed by atoms with Crippen LogP contribution in [0.1, 0.15) is 42.7 Å². The van der Waals surface area contributed by atoms with Crippen molar-refractivity contribution in [2.45, 2.75) is 32.4 Å². The predicted octanol–water partition coefficient (Wildman–Crippen LogP) is 5.86. The van der Waals surface area contributed by atoms with Gasteiger partial charge in [-0.1, -0.05) is 25.2 Å². The van der Waals surface area contributed by atoms with E-state index in [1.807, 2.05) is 6.92 Å². The number of hydrogen-bond donors (Lipinski definition) is 0. The molecule has 1 saturated heterocycles. The second-order valence-corrected chi connectivity index (χ2v) is 6.96. The van der Waals surface area contributed by atoms with E-state index in [-0.39, 0.29) is 17.0 Å². The van der Waals surface area contributed by atoms with Gasteiger partial charge < -0.3 is 14.2 Å². The summed E-state index contributed by atoms with van der Waals surface area (Å²) >= 11 is 0. The van der Waals surface area contributed by atoms with E-state index in [0.29, 0.717) is 19.3 Å². The highest BCUT2D eigenvalue weighted by Gasteiger charge is 2.32. The molecule has 3 nitrogen and oxygen atoms in total. The third-order valence-corrected chi connectivity index (χ3v) is 4.49. The number of alkyl halides is 3. The lowest BCUT2D eigenvalue weighted by Crippen LogP contribution is -2.27. The smallest absolute Gasteiger partial charge is 0.403 e. The molecule has 3 rings (SSSR count). The Hall–Kier alpha value is -2.70. The van der Waals surface area contributed by atoms with Crippen LogP contribution in [0.15, 0.2) is 30.3 Å². The summed E-state index contributed by atoms with van der Waals surface area (Å²) in [5, 5.41) is 0. The van der Waals surface area contributed by atoms with Gasteiger partial charge >= 0.3 is 6.36 Å². The Bertz CT molecular complexity index is 962.